The zero-order valence-electron chi connectivity index (χ0n) is 14.8. The average molecular weight is 345 g/mol. The topological polar surface area (TPSA) is 41.1 Å². The van der Waals surface area contributed by atoms with Crippen molar-refractivity contribution in [3.63, 3.8) is 0 Å². The van der Waals surface area contributed by atoms with Gasteiger partial charge in [0.05, 0.1) is 11.9 Å². The van der Waals surface area contributed by atoms with E-state index in [0.717, 1.165) is 28.4 Å². The lowest BCUT2D eigenvalue weighted by molar-refractivity contribution is -0.0985. The summed E-state index contributed by atoms with van der Waals surface area (Å²) in [4.78, 5) is 10.6. The van der Waals surface area contributed by atoms with Crippen LogP contribution in [0.1, 0.15) is 12.8 Å². The number of nitrogens with one attached hydrogen (secondary N) is 1. The third-order valence-corrected chi connectivity index (χ3v) is 6.56. The summed E-state index contributed by atoms with van der Waals surface area (Å²) >= 11 is 0. The SMILES string of the molecule is c1cc2cc(-c3ccc(OC4C5CC6CC4CN(C6)C5)cn3)ccc2[nH]1. The predicted molar refractivity (Wildman–Crippen MR) is 102 cm³/mol. The van der Waals surface area contributed by atoms with Crippen LogP contribution >= 0.6 is 0 Å². The molecule has 3 aliphatic heterocycles. The molecule has 2 atom stereocenters. The van der Waals surface area contributed by atoms with Crippen molar-refractivity contribution in [3.8, 4) is 17.0 Å². The molecule has 5 heterocycles. The molecule has 1 aromatic carbocycles. The first-order valence-corrected chi connectivity index (χ1v) is 9.74. The van der Waals surface area contributed by atoms with Crippen LogP contribution in [0.25, 0.3) is 22.2 Å². The van der Waals surface area contributed by atoms with Crippen molar-refractivity contribution in [1.29, 1.82) is 0 Å². The van der Waals surface area contributed by atoms with Crippen LogP contribution in [0, 0.1) is 17.8 Å². The van der Waals surface area contributed by atoms with Crippen molar-refractivity contribution in [3.05, 3.63) is 48.8 Å². The monoisotopic (exact) mass is 345 g/mol. The van der Waals surface area contributed by atoms with Gasteiger partial charge in [0.15, 0.2) is 0 Å². The molecule has 3 saturated heterocycles. The molecule has 4 heteroatoms. The first-order valence-electron chi connectivity index (χ1n) is 9.74. The van der Waals surface area contributed by atoms with Crippen molar-refractivity contribution < 1.29 is 4.74 Å². The summed E-state index contributed by atoms with van der Waals surface area (Å²) in [6, 6.07) is 12.7. The maximum atomic E-state index is 6.45. The number of H-pyrrole nitrogens is 1. The van der Waals surface area contributed by atoms with Gasteiger partial charge in [0, 0.05) is 54.1 Å². The number of fused-ring (bicyclic) bond motifs is 1. The molecular weight excluding hydrogens is 322 g/mol. The van der Waals surface area contributed by atoms with Gasteiger partial charge in [-0.15, -0.1) is 0 Å². The summed E-state index contributed by atoms with van der Waals surface area (Å²) in [6.07, 6.45) is 6.95. The van der Waals surface area contributed by atoms with Crippen LogP contribution < -0.4 is 4.74 Å². The zero-order valence-corrected chi connectivity index (χ0v) is 14.8. The first-order chi connectivity index (χ1) is 12.8. The molecule has 0 amide bonds. The minimum atomic E-state index is 0.381. The second-order valence-electron chi connectivity index (χ2n) is 8.32. The van der Waals surface area contributed by atoms with Crippen LogP contribution in [0.15, 0.2) is 48.8 Å². The number of aromatic nitrogens is 2. The third kappa shape index (κ3) is 2.36. The van der Waals surface area contributed by atoms with Gasteiger partial charge in [0.1, 0.15) is 11.9 Å². The van der Waals surface area contributed by atoms with Crippen LogP contribution in [0.2, 0.25) is 0 Å². The number of pyridine rings is 1. The van der Waals surface area contributed by atoms with Gasteiger partial charge < -0.3 is 14.6 Å². The Morgan fingerprint density at radius 2 is 1.88 bits per heavy atom. The highest BCUT2D eigenvalue weighted by atomic mass is 16.5. The van der Waals surface area contributed by atoms with E-state index >= 15 is 0 Å². The summed E-state index contributed by atoms with van der Waals surface area (Å²) in [5, 5.41) is 1.22. The molecule has 1 saturated carbocycles. The summed E-state index contributed by atoms with van der Waals surface area (Å²) in [7, 11) is 0. The highest BCUT2D eigenvalue weighted by Crippen LogP contribution is 2.44. The van der Waals surface area contributed by atoms with E-state index < -0.39 is 0 Å². The number of nitrogens with zero attached hydrogens (tertiary/aromatic N) is 2. The number of rotatable bonds is 3. The summed E-state index contributed by atoms with van der Waals surface area (Å²) in [6.45, 7) is 3.77. The van der Waals surface area contributed by atoms with E-state index in [1.807, 2.05) is 12.4 Å². The van der Waals surface area contributed by atoms with E-state index in [1.54, 1.807) is 0 Å². The Morgan fingerprint density at radius 1 is 1.00 bits per heavy atom. The zero-order chi connectivity index (χ0) is 17.1. The van der Waals surface area contributed by atoms with E-state index in [4.69, 9.17) is 4.74 Å². The molecule has 2 aromatic heterocycles. The maximum absolute atomic E-state index is 6.45. The number of benzene rings is 1. The molecule has 0 radical (unpaired) electrons. The Hall–Kier alpha value is -2.33. The minimum absolute atomic E-state index is 0.381. The van der Waals surface area contributed by atoms with Gasteiger partial charge in [-0.2, -0.15) is 0 Å². The molecule has 0 spiro atoms. The van der Waals surface area contributed by atoms with Crippen LogP contribution in [-0.2, 0) is 0 Å². The highest BCUT2D eigenvalue weighted by Gasteiger charge is 2.48. The van der Waals surface area contributed by atoms with E-state index in [9.17, 15) is 0 Å². The predicted octanol–water partition coefficient (Wildman–Crippen LogP) is 3.95. The molecule has 2 unspecified atom stereocenters. The average Bonchev–Trinajstić information content (AvgIpc) is 3.12. The van der Waals surface area contributed by atoms with Gasteiger partial charge in [0.2, 0.25) is 0 Å². The Bertz CT molecular complexity index is 917. The van der Waals surface area contributed by atoms with E-state index in [2.05, 4.69) is 51.3 Å². The lowest BCUT2D eigenvalue weighted by Gasteiger charge is -2.55. The van der Waals surface area contributed by atoms with Gasteiger partial charge >= 0.3 is 0 Å². The van der Waals surface area contributed by atoms with Crippen LogP contribution in [0.5, 0.6) is 5.75 Å². The van der Waals surface area contributed by atoms with Gasteiger partial charge in [-0.3, -0.25) is 4.98 Å². The maximum Gasteiger partial charge on any atom is 0.138 e. The quantitative estimate of drug-likeness (QED) is 0.781. The fourth-order valence-electron chi connectivity index (χ4n) is 5.55. The molecule has 4 nitrogen and oxygen atoms in total. The van der Waals surface area contributed by atoms with Crippen molar-refractivity contribution in [1.82, 2.24) is 14.9 Å². The Kier molecular flexibility index (Phi) is 3.18. The molecule has 4 aliphatic rings. The van der Waals surface area contributed by atoms with E-state index in [1.165, 1.54) is 37.9 Å². The highest BCUT2D eigenvalue weighted by molar-refractivity contribution is 5.84. The lowest BCUT2D eigenvalue weighted by Crippen LogP contribution is -2.61. The molecule has 132 valence electrons. The number of piperidine rings is 3. The molecule has 3 aromatic rings. The summed E-state index contributed by atoms with van der Waals surface area (Å²) in [5.74, 6) is 3.24. The van der Waals surface area contributed by atoms with Crippen molar-refractivity contribution in [2.75, 3.05) is 19.6 Å². The number of hydrogen-bond acceptors (Lipinski definition) is 3. The Balaban J connectivity index is 1.23. The molecule has 26 heavy (non-hydrogen) atoms. The fourth-order valence-corrected chi connectivity index (χ4v) is 5.55. The molecule has 4 fully saturated rings. The Labute approximate surface area is 153 Å². The second kappa shape index (κ2) is 5.58. The normalized spacial score (nSPS) is 32.2. The summed E-state index contributed by atoms with van der Waals surface area (Å²) in [5.41, 5.74) is 3.30. The van der Waals surface area contributed by atoms with Gasteiger partial charge in [-0.25, -0.2) is 0 Å². The molecular formula is C22H23N3O. The molecule has 7 rings (SSSR count). The molecule has 1 aliphatic carbocycles. The van der Waals surface area contributed by atoms with Gasteiger partial charge in [-0.05, 0) is 49.1 Å². The van der Waals surface area contributed by atoms with E-state index in [-0.39, 0.29) is 0 Å². The minimum Gasteiger partial charge on any atom is -0.488 e. The number of aromatic amines is 1. The first kappa shape index (κ1) is 14.8. The van der Waals surface area contributed by atoms with Gasteiger partial charge in [0.25, 0.3) is 0 Å². The largest absolute Gasteiger partial charge is 0.488 e. The molecule has 1 N–H and O–H groups in total. The van der Waals surface area contributed by atoms with Crippen LogP contribution in [-0.4, -0.2) is 40.6 Å². The van der Waals surface area contributed by atoms with Crippen molar-refractivity contribution in [2.24, 2.45) is 17.8 Å². The number of ether oxygens (including phenoxy) is 1. The number of hydrogen-bond donors (Lipinski definition) is 1. The van der Waals surface area contributed by atoms with Crippen molar-refractivity contribution in [2.45, 2.75) is 18.9 Å². The summed E-state index contributed by atoms with van der Waals surface area (Å²) < 4.78 is 6.45. The lowest BCUT2D eigenvalue weighted by atomic mass is 9.66. The van der Waals surface area contributed by atoms with Gasteiger partial charge in [-0.1, -0.05) is 6.07 Å². The van der Waals surface area contributed by atoms with Crippen LogP contribution in [0.4, 0.5) is 0 Å². The van der Waals surface area contributed by atoms with Crippen LogP contribution in [0.3, 0.4) is 0 Å². The third-order valence-electron chi connectivity index (χ3n) is 6.56. The molecule has 4 bridgehead atoms. The van der Waals surface area contributed by atoms with E-state index in [0.29, 0.717) is 17.9 Å². The second-order valence-corrected chi connectivity index (χ2v) is 8.32. The van der Waals surface area contributed by atoms with Crippen molar-refractivity contribution >= 4 is 10.9 Å². The Morgan fingerprint density at radius 3 is 2.65 bits per heavy atom. The fraction of sp³-hybridized carbons (Fsp3) is 0.409. The standard InChI is InChI=1S/C22H23N3O/c1-3-20-16(5-6-23-20)9-15(1)21-4-2-19(10-24-21)26-22-17-7-14-8-18(22)13-25(11-14)12-17/h1-6,9-10,14,17-18,22-23H,7-8,11-13H2. The smallest absolute Gasteiger partial charge is 0.138 e.